The fourth-order valence-corrected chi connectivity index (χ4v) is 6.44. The number of carbonyl (C=O) groups excluding carboxylic acids is 3. The highest BCUT2D eigenvalue weighted by atomic mass is 16.6. The Hall–Kier alpha value is -5.66. The first-order valence-corrected chi connectivity index (χ1v) is 21.6. The van der Waals surface area contributed by atoms with Crippen molar-refractivity contribution in [1.82, 2.24) is 29.5 Å². The highest BCUT2D eigenvalue weighted by Crippen LogP contribution is 2.35. The van der Waals surface area contributed by atoms with Crippen molar-refractivity contribution < 1.29 is 52.3 Å². The van der Waals surface area contributed by atoms with Gasteiger partial charge in [-0.1, -0.05) is 24.3 Å². The number of likely N-dealkylation sites (tertiary alicyclic amines) is 1. The van der Waals surface area contributed by atoms with Crippen molar-refractivity contribution in [3.63, 3.8) is 0 Å². The molecule has 1 aliphatic heterocycles. The van der Waals surface area contributed by atoms with E-state index in [1.165, 1.54) is 6.33 Å². The standard InChI is InChI=1S/C46H63N7O11/c1-45(2,3)63-43(55)52(44(56)64-46(4,5)6)21-23-58-25-27-60-29-31-61-30-28-59-26-24-57-22-11-15-38(54)51-20-10-12-35(32-51)53-42-39(41(47)48-33-49-42)40(50-53)34-16-18-37(19-17-34)62-36-13-8-7-9-14-36/h7-9,11,13-19,33,35H,10,12,20-32H2,1-6H3,(H2,47,48,49)/b15-11+/t35-/m1/s1. The minimum absolute atomic E-state index is 0.0276. The van der Waals surface area contributed by atoms with Gasteiger partial charge < -0.3 is 48.5 Å². The van der Waals surface area contributed by atoms with E-state index >= 15 is 0 Å². The van der Waals surface area contributed by atoms with Crippen molar-refractivity contribution in [1.29, 1.82) is 0 Å². The van der Waals surface area contributed by atoms with Gasteiger partial charge in [0.1, 0.15) is 40.5 Å². The third kappa shape index (κ3) is 16.2. The van der Waals surface area contributed by atoms with Crippen molar-refractivity contribution in [3.8, 4) is 22.8 Å². The zero-order valence-corrected chi connectivity index (χ0v) is 37.9. The summed E-state index contributed by atoms with van der Waals surface area (Å²) in [5.74, 6) is 1.69. The number of benzene rings is 2. The molecule has 64 heavy (non-hydrogen) atoms. The Balaban J connectivity index is 0.922. The van der Waals surface area contributed by atoms with Gasteiger partial charge in [-0.15, -0.1) is 0 Å². The molecule has 0 spiro atoms. The first-order chi connectivity index (χ1) is 30.7. The van der Waals surface area contributed by atoms with Gasteiger partial charge in [0.15, 0.2) is 5.65 Å². The number of para-hydroxylation sites is 1. The summed E-state index contributed by atoms with van der Waals surface area (Å²) < 4.78 is 46.3. The second-order valence-electron chi connectivity index (χ2n) is 16.8. The number of fused-ring (bicyclic) bond motifs is 1. The van der Waals surface area contributed by atoms with Crippen LogP contribution in [0.1, 0.15) is 60.4 Å². The van der Waals surface area contributed by atoms with Gasteiger partial charge in [0.2, 0.25) is 5.91 Å². The van der Waals surface area contributed by atoms with Crippen LogP contribution in [0.4, 0.5) is 15.4 Å². The van der Waals surface area contributed by atoms with Gasteiger partial charge in [-0.2, -0.15) is 5.10 Å². The molecule has 0 unspecified atom stereocenters. The Kier molecular flexibility index (Phi) is 18.8. The molecule has 3 heterocycles. The predicted molar refractivity (Wildman–Crippen MR) is 239 cm³/mol. The molecule has 4 aromatic rings. The number of nitrogens with zero attached hydrogens (tertiary/aromatic N) is 6. The van der Waals surface area contributed by atoms with Crippen LogP contribution in [-0.4, -0.2) is 145 Å². The van der Waals surface area contributed by atoms with E-state index < -0.39 is 23.4 Å². The van der Waals surface area contributed by atoms with E-state index in [0.29, 0.717) is 87.6 Å². The highest BCUT2D eigenvalue weighted by molar-refractivity contribution is 5.98. The Labute approximate surface area is 374 Å². The number of ether oxygens (including phenoxy) is 8. The number of carbonyl (C=O) groups is 3. The lowest BCUT2D eigenvalue weighted by Crippen LogP contribution is -2.45. The van der Waals surface area contributed by atoms with E-state index in [0.717, 1.165) is 29.1 Å². The molecule has 2 N–H and O–H groups in total. The third-order valence-electron chi connectivity index (χ3n) is 9.33. The molecule has 1 aliphatic rings. The molecule has 18 nitrogen and oxygen atoms in total. The van der Waals surface area contributed by atoms with Crippen LogP contribution in [0, 0.1) is 0 Å². The molecule has 348 valence electrons. The zero-order valence-electron chi connectivity index (χ0n) is 37.9. The van der Waals surface area contributed by atoms with Gasteiger partial charge in [-0.25, -0.2) is 29.1 Å². The van der Waals surface area contributed by atoms with Gasteiger partial charge in [-0.3, -0.25) is 4.79 Å². The summed E-state index contributed by atoms with van der Waals surface area (Å²) >= 11 is 0. The molecule has 3 amide bonds. The number of hydrogen-bond acceptors (Lipinski definition) is 15. The lowest BCUT2D eigenvalue weighted by molar-refractivity contribution is -0.127. The Bertz CT molecular complexity index is 2070. The third-order valence-corrected chi connectivity index (χ3v) is 9.33. The van der Waals surface area contributed by atoms with E-state index in [2.05, 4.69) is 9.97 Å². The number of imide groups is 1. The summed E-state index contributed by atoms with van der Waals surface area (Å²) in [6.07, 6.45) is 4.74. The quantitative estimate of drug-likeness (QED) is 0.0634. The van der Waals surface area contributed by atoms with Crippen LogP contribution in [-0.2, 0) is 38.0 Å². The number of piperidine rings is 1. The normalized spacial score (nSPS) is 14.5. The molecular formula is C46H63N7O11. The minimum Gasteiger partial charge on any atom is -0.457 e. The van der Waals surface area contributed by atoms with Crippen LogP contribution in [0.5, 0.6) is 11.5 Å². The number of hydrogen-bond donors (Lipinski definition) is 1. The maximum atomic E-state index is 13.2. The monoisotopic (exact) mass is 889 g/mol. The second kappa shape index (κ2) is 24.4. The minimum atomic E-state index is -0.797. The number of nitrogens with two attached hydrogens (primary N) is 1. The van der Waals surface area contributed by atoms with Crippen LogP contribution in [0.25, 0.3) is 22.3 Å². The predicted octanol–water partition coefficient (Wildman–Crippen LogP) is 6.84. The lowest BCUT2D eigenvalue weighted by atomic mass is 10.1. The number of anilines is 1. The molecule has 1 saturated heterocycles. The van der Waals surface area contributed by atoms with Crippen molar-refractivity contribution in [2.45, 2.75) is 71.6 Å². The maximum absolute atomic E-state index is 13.2. The van der Waals surface area contributed by atoms with E-state index in [4.69, 9.17) is 48.7 Å². The van der Waals surface area contributed by atoms with Crippen molar-refractivity contribution in [2.24, 2.45) is 0 Å². The molecule has 18 heteroatoms. The molecular weight excluding hydrogens is 827 g/mol. The van der Waals surface area contributed by atoms with Crippen LogP contribution < -0.4 is 10.5 Å². The van der Waals surface area contributed by atoms with Crippen molar-refractivity contribution >= 4 is 34.9 Å². The highest BCUT2D eigenvalue weighted by Gasteiger charge is 2.31. The van der Waals surface area contributed by atoms with Gasteiger partial charge in [0, 0.05) is 24.7 Å². The van der Waals surface area contributed by atoms with Crippen molar-refractivity contribution in [2.75, 3.05) is 91.4 Å². The molecule has 0 bridgehead atoms. The topological polar surface area (TPSA) is 201 Å². The number of nitrogen functional groups attached to an aromatic ring is 1. The molecule has 2 aromatic carbocycles. The summed E-state index contributed by atoms with van der Waals surface area (Å²) in [5.41, 5.74) is 6.99. The first-order valence-electron chi connectivity index (χ1n) is 21.6. The van der Waals surface area contributed by atoms with Gasteiger partial charge in [0.05, 0.1) is 84.0 Å². The Morgan fingerprint density at radius 3 is 1.91 bits per heavy atom. The van der Waals surface area contributed by atoms with E-state index in [9.17, 15) is 14.4 Å². The fraction of sp³-hybridized carbons (Fsp3) is 0.522. The summed E-state index contributed by atoms with van der Waals surface area (Å²) in [7, 11) is 0. The average molecular weight is 890 g/mol. The number of rotatable bonds is 22. The summed E-state index contributed by atoms with van der Waals surface area (Å²) in [5, 5.41) is 5.66. The average Bonchev–Trinajstić information content (AvgIpc) is 3.65. The summed E-state index contributed by atoms with van der Waals surface area (Å²) in [4.78, 5) is 49.8. The molecule has 0 aliphatic carbocycles. The van der Waals surface area contributed by atoms with Crippen LogP contribution in [0.2, 0.25) is 0 Å². The second-order valence-corrected chi connectivity index (χ2v) is 16.8. The van der Waals surface area contributed by atoms with E-state index in [-0.39, 0.29) is 38.3 Å². The maximum Gasteiger partial charge on any atom is 0.419 e. The molecule has 2 aromatic heterocycles. The van der Waals surface area contributed by atoms with Gasteiger partial charge in [0.25, 0.3) is 0 Å². The summed E-state index contributed by atoms with van der Waals surface area (Å²) in [6.45, 7) is 14.6. The molecule has 0 radical (unpaired) electrons. The fourth-order valence-electron chi connectivity index (χ4n) is 6.44. The Morgan fingerprint density at radius 2 is 1.31 bits per heavy atom. The van der Waals surface area contributed by atoms with Crippen LogP contribution in [0.15, 0.2) is 73.1 Å². The van der Waals surface area contributed by atoms with E-state index in [1.54, 1.807) is 53.7 Å². The first kappa shape index (κ1) is 49.4. The number of amides is 3. The van der Waals surface area contributed by atoms with Crippen molar-refractivity contribution in [3.05, 3.63) is 73.1 Å². The molecule has 1 fully saturated rings. The van der Waals surface area contributed by atoms with Crippen LogP contribution in [0.3, 0.4) is 0 Å². The SMILES string of the molecule is CC(C)(C)OC(=O)N(CCOCCOCCOCCOCCOC/C=C/C(=O)N1CCC[C@@H](n2nc(-c3ccc(Oc4ccccc4)cc3)c3c(N)ncnc32)C1)C(=O)OC(C)(C)C. The molecule has 5 rings (SSSR count). The van der Waals surface area contributed by atoms with Crippen LogP contribution >= 0.6 is 0 Å². The zero-order chi connectivity index (χ0) is 46.0. The summed E-state index contributed by atoms with van der Waals surface area (Å²) in [6, 6.07) is 17.1. The molecule has 1 atom stereocenters. The molecule has 0 saturated carbocycles. The van der Waals surface area contributed by atoms with Gasteiger partial charge >= 0.3 is 12.2 Å². The number of aromatic nitrogens is 4. The lowest BCUT2D eigenvalue weighted by Gasteiger charge is -2.32. The Morgan fingerprint density at radius 1 is 0.750 bits per heavy atom. The smallest absolute Gasteiger partial charge is 0.419 e. The van der Waals surface area contributed by atoms with E-state index in [1.807, 2.05) is 64.2 Å². The van der Waals surface area contributed by atoms with Gasteiger partial charge in [-0.05, 0) is 90.8 Å². The largest absolute Gasteiger partial charge is 0.457 e.